The predicted molar refractivity (Wildman–Crippen MR) is 90.4 cm³/mol. The number of fused-ring (bicyclic) bond motifs is 1. The van der Waals surface area contributed by atoms with Gasteiger partial charge in [0.2, 0.25) is 0 Å². The molecule has 0 radical (unpaired) electrons. The highest BCUT2D eigenvalue weighted by atomic mass is 16.3. The van der Waals surface area contributed by atoms with Crippen molar-refractivity contribution in [3.63, 3.8) is 0 Å². The zero-order valence-electron chi connectivity index (χ0n) is 13.4. The average Bonchev–Trinajstić information content (AvgIpc) is 2.78. The number of benzene rings is 1. The van der Waals surface area contributed by atoms with Gasteiger partial charge in [-0.3, -0.25) is 4.40 Å². The number of nitrogens with zero attached hydrogens (tertiary/aromatic N) is 2. The van der Waals surface area contributed by atoms with Gasteiger partial charge in [0.05, 0.1) is 0 Å². The second-order valence-corrected chi connectivity index (χ2v) is 6.62. The Morgan fingerprint density at radius 2 is 1.77 bits per heavy atom. The van der Waals surface area contributed by atoms with Crippen LogP contribution in [0.15, 0.2) is 42.6 Å². The summed E-state index contributed by atoms with van der Waals surface area (Å²) in [5, 5.41) is 13.1. The highest BCUT2D eigenvalue weighted by Crippen LogP contribution is 2.32. The highest BCUT2D eigenvalue weighted by Gasteiger charge is 2.19. The summed E-state index contributed by atoms with van der Waals surface area (Å²) >= 11 is 0. The number of hydrogen-bond acceptors (Lipinski definition) is 3. The molecule has 2 N–H and O–H groups in total. The summed E-state index contributed by atoms with van der Waals surface area (Å²) in [6.45, 7) is 8.44. The van der Waals surface area contributed by atoms with Crippen molar-refractivity contribution in [2.24, 2.45) is 0 Å². The molecule has 114 valence electrons. The Bertz CT molecular complexity index is 811. The quantitative estimate of drug-likeness (QED) is 0.744. The van der Waals surface area contributed by atoms with Gasteiger partial charge in [-0.1, -0.05) is 6.07 Å². The third kappa shape index (κ3) is 2.64. The lowest BCUT2D eigenvalue weighted by Crippen LogP contribution is -2.27. The van der Waals surface area contributed by atoms with Gasteiger partial charge in [-0.05, 0) is 63.6 Å². The number of hydrogen-bond donors (Lipinski definition) is 2. The molecule has 3 aromatic rings. The predicted octanol–water partition coefficient (Wildman–Crippen LogP) is 4.23. The minimum absolute atomic E-state index is 0.0780. The summed E-state index contributed by atoms with van der Waals surface area (Å²) in [4.78, 5) is 4.82. The van der Waals surface area contributed by atoms with E-state index in [-0.39, 0.29) is 11.3 Å². The first-order valence-corrected chi connectivity index (χ1v) is 7.40. The minimum atomic E-state index is -0.0780. The maximum atomic E-state index is 9.50. The van der Waals surface area contributed by atoms with Crippen molar-refractivity contribution in [2.45, 2.75) is 33.2 Å². The van der Waals surface area contributed by atoms with Crippen LogP contribution >= 0.6 is 0 Å². The van der Waals surface area contributed by atoms with Crippen LogP contribution in [0.2, 0.25) is 0 Å². The number of aromatic hydroxyl groups is 1. The van der Waals surface area contributed by atoms with E-state index in [1.54, 1.807) is 12.1 Å². The molecule has 0 spiro atoms. The summed E-state index contributed by atoms with van der Waals surface area (Å²) in [6, 6.07) is 11.2. The second kappa shape index (κ2) is 5.05. The van der Waals surface area contributed by atoms with E-state index in [0.29, 0.717) is 0 Å². The van der Waals surface area contributed by atoms with Gasteiger partial charge in [-0.25, -0.2) is 4.98 Å². The van der Waals surface area contributed by atoms with E-state index in [1.807, 2.05) is 24.4 Å². The maximum absolute atomic E-state index is 9.50. The Morgan fingerprint density at radius 1 is 1.09 bits per heavy atom. The van der Waals surface area contributed by atoms with Gasteiger partial charge in [0.25, 0.3) is 0 Å². The van der Waals surface area contributed by atoms with Gasteiger partial charge in [0, 0.05) is 17.3 Å². The van der Waals surface area contributed by atoms with Crippen molar-refractivity contribution in [1.82, 2.24) is 9.38 Å². The van der Waals surface area contributed by atoms with Gasteiger partial charge in [0.15, 0.2) is 0 Å². The molecule has 0 saturated carbocycles. The maximum Gasteiger partial charge on any atom is 0.142 e. The Morgan fingerprint density at radius 3 is 2.41 bits per heavy atom. The number of aromatic nitrogens is 2. The number of aryl methyl sites for hydroxylation is 1. The fourth-order valence-electron chi connectivity index (χ4n) is 2.50. The van der Waals surface area contributed by atoms with Crippen molar-refractivity contribution >= 4 is 11.5 Å². The zero-order chi connectivity index (χ0) is 15.9. The van der Waals surface area contributed by atoms with E-state index in [0.717, 1.165) is 28.3 Å². The Labute approximate surface area is 130 Å². The molecule has 1 aromatic carbocycles. The van der Waals surface area contributed by atoms with E-state index in [1.165, 1.54) is 0 Å². The number of anilines is 1. The number of nitrogens with one attached hydrogen (secondary N) is 1. The molecular weight excluding hydrogens is 274 g/mol. The number of imidazole rings is 1. The molecular formula is C18H21N3O. The van der Waals surface area contributed by atoms with Crippen LogP contribution in [-0.2, 0) is 0 Å². The summed E-state index contributed by atoms with van der Waals surface area (Å²) in [5.74, 6) is 1.23. The number of pyridine rings is 1. The molecule has 0 unspecified atom stereocenters. The molecule has 4 nitrogen and oxygen atoms in total. The van der Waals surface area contributed by atoms with Crippen LogP contribution < -0.4 is 5.32 Å². The largest absolute Gasteiger partial charge is 0.508 e. The van der Waals surface area contributed by atoms with E-state index in [4.69, 9.17) is 4.98 Å². The molecule has 0 amide bonds. The molecule has 4 heteroatoms. The summed E-state index contributed by atoms with van der Waals surface area (Å²) in [7, 11) is 0. The van der Waals surface area contributed by atoms with E-state index in [9.17, 15) is 5.11 Å². The van der Waals surface area contributed by atoms with Crippen LogP contribution in [0.25, 0.3) is 16.9 Å². The standard InChI is InChI=1S/C18H21N3O/c1-12-6-5-11-21-16(12)19-15(17(21)20-18(2,3)4)13-7-9-14(22)10-8-13/h5-11,20,22H,1-4H3. The van der Waals surface area contributed by atoms with Crippen molar-refractivity contribution in [3.8, 4) is 17.0 Å². The molecule has 0 aliphatic carbocycles. The first kappa shape index (κ1) is 14.4. The number of rotatable bonds is 2. The second-order valence-electron chi connectivity index (χ2n) is 6.62. The fourth-order valence-corrected chi connectivity index (χ4v) is 2.50. The molecule has 0 atom stereocenters. The fraction of sp³-hybridized carbons (Fsp3) is 0.278. The van der Waals surface area contributed by atoms with Crippen LogP contribution in [0.5, 0.6) is 5.75 Å². The van der Waals surface area contributed by atoms with Crippen LogP contribution in [0, 0.1) is 6.92 Å². The van der Waals surface area contributed by atoms with Gasteiger partial charge in [-0.2, -0.15) is 0 Å². The topological polar surface area (TPSA) is 49.6 Å². The molecule has 0 bridgehead atoms. The number of phenols is 1. The first-order chi connectivity index (χ1) is 10.3. The van der Waals surface area contributed by atoms with Crippen molar-refractivity contribution in [1.29, 1.82) is 0 Å². The van der Waals surface area contributed by atoms with E-state index < -0.39 is 0 Å². The van der Waals surface area contributed by atoms with Gasteiger partial charge >= 0.3 is 0 Å². The normalized spacial score (nSPS) is 11.8. The van der Waals surface area contributed by atoms with Crippen LogP contribution in [0.4, 0.5) is 5.82 Å². The zero-order valence-corrected chi connectivity index (χ0v) is 13.4. The molecule has 22 heavy (non-hydrogen) atoms. The number of phenolic OH excluding ortho intramolecular Hbond substituents is 1. The lowest BCUT2D eigenvalue weighted by Gasteiger charge is -2.22. The summed E-state index contributed by atoms with van der Waals surface area (Å²) in [5.41, 5.74) is 3.87. The molecule has 0 saturated heterocycles. The molecule has 2 aromatic heterocycles. The molecule has 0 aliphatic rings. The SMILES string of the molecule is Cc1cccn2c(NC(C)(C)C)c(-c3ccc(O)cc3)nc12. The third-order valence-corrected chi connectivity index (χ3v) is 3.48. The Balaban J connectivity index is 2.26. The highest BCUT2D eigenvalue weighted by molar-refractivity contribution is 5.78. The van der Waals surface area contributed by atoms with Gasteiger partial charge < -0.3 is 10.4 Å². The van der Waals surface area contributed by atoms with Gasteiger partial charge in [0.1, 0.15) is 22.9 Å². The van der Waals surface area contributed by atoms with Crippen molar-refractivity contribution in [2.75, 3.05) is 5.32 Å². The summed E-state index contributed by atoms with van der Waals surface area (Å²) < 4.78 is 2.09. The monoisotopic (exact) mass is 295 g/mol. The lowest BCUT2D eigenvalue weighted by atomic mass is 10.1. The van der Waals surface area contributed by atoms with E-state index >= 15 is 0 Å². The van der Waals surface area contributed by atoms with Crippen molar-refractivity contribution < 1.29 is 5.11 Å². The van der Waals surface area contributed by atoms with Gasteiger partial charge in [-0.15, -0.1) is 0 Å². The Kier molecular flexibility index (Phi) is 3.32. The average molecular weight is 295 g/mol. The Hall–Kier alpha value is -2.49. The van der Waals surface area contributed by atoms with Crippen LogP contribution in [0.1, 0.15) is 26.3 Å². The van der Waals surface area contributed by atoms with E-state index in [2.05, 4.69) is 43.5 Å². The summed E-state index contributed by atoms with van der Waals surface area (Å²) in [6.07, 6.45) is 2.02. The minimum Gasteiger partial charge on any atom is -0.508 e. The smallest absolute Gasteiger partial charge is 0.142 e. The molecule has 0 fully saturated rings. The lowest BCUT2D eigenvalue weighted by molar-refractivity contribution is 0.475. The van der Waals surface area contributed by atoms with Crippen LogP contribution in [-0.4, -0.2) is 20.0 Å². The molecule has 0 aliphatic heterocycles. The molecule has 3 rings (SSSR count). The van der Waals surface area contributed by atoms with Crippen molar-refractivity contribution in [3.05, 3.63) is 48.2 Å². The first-order valence-electron chi connectivity index (χ1n) is 7.40. The van der Waals surface area contributed by atoms with Crippen LogP contribution in [0.3, 0.4) is 0 Å². The third-order valence-electron chi connectivity index (χ3n) is 3.48. The molecule has 2 heterocycles.